The molecule has 0 aliphatic carbocycles. The molecule has 2 N–H and O–H groups in total. The van der Waals surface area contributed by atoms with Gasteiger partial charge >= 0.3 is 0 Å². The van der Waals surface area contributed by atoms with Crippen molar-refractivity contribution < 1.29 is 8.42 Å². The summed E-state index contributed by atoms with van der Waals surface area (Å²) in [5.41, 5.74) is 1.51. The maximum absolute atomic E-state index is 12.2. The molecule has 0 fully saturated rings. The number of hydrogen-bond acceptors (Lipinski definition) is 4. The molecule has 0 unspecified atom stereocenters. The molecule has 0 saturated carbocycles. The van der Waals surface area contributed by atoms with Crippen molar-refractivity contribution in [2.24, 2.45) is 0 Å². The van der Waals surface area contributed by atoms with Crippen LogP contribution in [0.15, 0.2) is 59.5 Å². The lowest BCUT2D eigenvalue weighted by Crippen LogP contribution is -2.20. The zero-order chi connectivity index (χ0) is 16.0. The number of sulfonamides is 1. The van der Waals surface area contributed by atoms with Gasteiger partial charge in [0.1, 0.15) is 0 Å². The Bertz CT molecular complexity index is 683. The average Bonchev–Trinajstić information content (AvgIpc) is 2.49. The van der Waals surface area contributed by atoms with Crippen LogP contribution in [0.3, 0.4) is 0 Å². The van der Waals surface area contributed by atoms with E-state index in [-0.39, 0.29) is 4.90 Å². The lowest BCUT2D eigenvalue weighted by atomic mass is 10.3. The van der Waals surface area contributed by atoms with E-state index in [9.17, 15) is 8.42 Å². The maximum atomic E-state index is 12.2. The molecule has 2 aromatic carbocycles. The Hall–Kier alpha value is -2.05. The van der Waals surface area contributed by atoms with Gasteiger partial charge < -0.3 is 10.2 Å². The average molecular weight is 319 g/mol. The fraction of sp³-hybridized carbons (Fsp3) is 0.250. The summed E-state index contributed by atoms with van der Waals surface area (Å²) in [4.78, 5) is 2.35. The Kier molecular flexibility index (Phi) is 5.41. The summed E-state index contributed by atoms with van der Waals surface area (Å²) in [6, 6.07) is 15.5. The van der Waals surface area contributed by atoms with Crippen LogP contribution in [-0.2, 0) is 10.0 Å². The number of anilines is 2. The number of hydrogen-bond donors (Lipinski definition) is 2. The fourth-order valence-electron chi connectivity index (χ4n) is 1.89. The normalized spacial score (nSPS) is 11.4. The predicted octanol–water partition coefficient (Wildman–Crippen LogP) is 2.46. The van der Waals surface area contributed by atoms with Crippen LogP contribution in [-0.4, -0.2) is 40.5 Å². The largest absolute Gasteiger partial charge is 0.384 e. The first kappa shape index (κ1) is 16.3. The van der Waals surface area contributed by atoms with Gasteiger partial charge in [0, 0.05) is 24.5 Å². The summed E-state index contributed by atoms with van der Waals surface area (Å²) in [7, 11) is 0.503. The summed E-state index contributed by atoms with van der Waals surface area (Å²) in [5, 5.41) is 3.28. The Labute approximate surface area is 132 Å². The first-order chi connectivity index (χ1) is 10.5. The standard InChI is InChI=1S/C16H21N3O2S/c1-19(2)13-12-17-14-8-10-15(11-9-14)18-22(20,21)16-6-4-3-5-7-16/h3-11,17-18H,12-13H2,1-2H3. The van der Waals surface area contributed by atoms with E-state index in [0.717, 1.165) is 18.8 Å². The van der Waals surface area contributed by atoms with Gasteiger partial charge in [0.2, 0.25) is 0 Å². The topological polar surface area (TPSA) is 61.4 Å². The number of likely N-dealkylation sites (N-methyl/N-ethyl adjacent to an activating group) is 1. The van der Waals surface area contributed by atoms with Crippen LogP contribution in [0.2, 0.25) is 0 Å². The van der Waals surface area contributed by atoms with E-state index in [1.54, 1.807) is 42.5 Å². The third-order valence-electron chi connectivity index (χ3n) is 3.08. The monoisotopic (exact) mass is 319 g/mol. The van der Waals surface area contributed by atoms with Crippen molar-refractivity contribution in [1.29, 1.82) is 0 Å². The maximum Gasteiger partial charge on any atom is 0.261 e. The van der Waals surface area contributed by atoms with Crippen molar-refractivity contribution in [2.45, 2.75) is 4.90 Å². The van der Waals surface area contributed by atoms with Gasteiger partial charge in [0.25, 0.3) is 10.0 Å². The molecule has 0 spiro atoms. The Morgan fingerprint density at radius 2 is 1.50 bits per heavy atom. The molecular formula is C16H21N3O2S. The zero-order valence-corrected chi connectivity index (χ0v) is 13.6. The highest BCUT2D eigenvalue weighted by Gasteiger charge is 2.12. The molecule has 6 heteroatoms. The quantitative estimate of drug-likeness (QED) is 0.823. The van der Waals surface area contributed by atoms with Crippen LogP contribution < -0.4 is 10.0 Å². The summed E-state index contributed by atoms with van der Waals surface area (Å²) in [5.74, 6) is 0. The molecule has 2 aromatic rings. The van der Waals surface area contributed by atoms with Gasteiger partial charge in [0.15, 0.2) is 0 Å². The van der Waals surface area contributed by atoms with Gasteiger partial charge in [-0.1, -0.05) is 18.2 Å². The molecule has 0 amide bonds. The van der Waals surface area contributed by atoms with Crippen molar-refractivity contribution in [1.82, 2.24) is 4.90 Å². The van der Waals surface area contributed by atoms with Crippen LogP contribution in [0.1, 0.15) is 0 Å². The van der Waals surface area contributed by atoms with Crippen molar-refractivity contribution >= 4 is 21.4 Å². The van der Waals surface area contributed by atoms with Gasteiger partial charge in [-0.05, 0) is 50.5 Å². The molecule has 0 bridgehead atoms. The fourth-order valence-corrected chi connectivity index (χ4v) is 2.97. The summed E-state index contributed by atoms with van der Waals surface area (Å²) < 4.78 is 27.0. The first-order valence-corrected chi connectivity index (χ1v) is 8.52. The van der Waals surface area contributed by atoms with Gasteiger partial charge in [-0.15, -0.1) is 0 Å². The van der Waals surface area contributed by atoms with Crippen molar-refractivity contribution in [3.05, 3.63) is 54.6 Å². The van der Waals surface area contributed by atoms with E-state index in [4.69, 9.17) is 0 Å². The van der Waals surface area contributed by atoms with Gasteiger partial charge in [-0.25, -0.2) is 8.42 Å². The molecule has 2 rings (SSSR count). The number of benzene rings is 2. The minimum atomic E-state index is -3.53. The van der Waals surface area contributed by atoms with Crippen LogP contribution in [0, 0.1) is 0 Å². The van der Waals surface area contributed by atoms with E-state index in [0.29, 0.717) is 5.69 Å². The lowest BCUT2D eigenvalue weighted by Gasteiger charge is -2.12. The van der Waals surface area contributed by atoms with Gasteiger partial charge in [-0.3, -0.25) is 4.72 Å². The Morgan fingerprint density at radius 3 is 2.09 bits per heavy atom. The highest BCUT2D eigenvalue weighted by atomic mass is 32.2. The molecule has 5 nitrogen and oxygen atoms in total. The Balaban J connectivity index is 1.99. The summed E-state index contributed by atoms with van der Waals surface area (Å²) in [6.45, 7) is 1.77. The van der Waals surface area contributed by atoms with Gasteiger partial charge in [0.05, 0.1) is 4.90 Å². The zero-order valence-electron chi connectivity index (χ0n) is 12.8. The molecule has 22 heavy (non-hydrogen) atoms. The van der Waals surface area contributed by atoms with Crippen LogP contribution in [0.5, 0.6) is 0 Å². The van der Waals surface area contributed by atoms with E-state index in [2.05, 4.69) is 14.9 Å². The molecule has 0 atom stereocenters. The second-order valence-corrected chi connectivity index (χ2v) is 6.91. The van der Waals surface area contributed by atoms with Crippen LogP contribution in [0.4, 0.5) is 11.4 Å². The second kappa shape index (κ2) is 7.29. The molecule has 0 saturated heterocycles. The van der Waals surface area contributed by atoms with Gasteiger partial charge in [-0.2, -0.15) is 0 Å². The van der Waals surface area contributed by atoms with Crippen molar-refractivity contribution in [3.8, 4) is 0 Å². The Morgan fingerprint density at radius 1 is 0.909 bits per heavy atom. The molecule has 118 valence electrons. The molecule has 0 aliphatic heterocycles. The van der Waals surface area contributed by atoms with E-state index in [1.807, 2.05) is 26.2 Å². The summed E-state index contributed by atoms with van der Waals surface area (Å²) in [6.07, 6.45) is 0. The lowest BCUT2D eigenvalue weighted by molar-refractivity contribution is 0.425. The predicted molar refractivity (Wildman–Crippen MR) is 90.7 cm³/mol. The molecule has 0 aliphatic rings. The summed E-state index contributed by atoms with van der Waals surface area (Å²) >= 11 is 0. The molecule has 0 aromatic heterocycles. The SMILES string of the molecule is CN(C)CCNc1ccc(NS(=O)(=O)c2ccccc2)cc1. The third-order valence-corrected chi connectivity index (χ3v) is 4.48. The minimum Gasteiger partial charge on any atom is -0.384 e. The van der Waals surface area contributed by atoms with Crippen LogP contribution >= 0.6 is 0 Å². The molecule has 0 heterocycles. The number of nitrogens with one attached hydrogen (secondary N) is 2. The van der Waals surface area contributed by atoms with E-state index < -0.39 is 10.0 Å². The molecular weight excluding hydrogens is 298 g/mol. The first-order valence-electron chi connectivity index (χ1n) is 7.04. The van der Waals surface area contributed by atoms with Crippen LogP contribution in [0.25, 0.3) is 0 Å². The highest BCUT2D eigenvalue weighted by molar-refractivity contribution is 7.92. The number of rotatable bonds is 7. The smallest absolute Gasteiger partial charge is 0.261 e. The van der Waals surface area contributed by atoms with E-state index in [1.165, 1.54) is 0 Å². The highest BCUT2D eigenvalue weighted by Crippen LogP contribution is 2.18. The number of nitrogens with zero attached hydrogens (tertiary/aromatic N) is 1. The third kappa shape index (κ3) is 4.75. The minimum absolute atomic E-state index is 0.253. The van der Waals surface area contributed by atoms with E-state index >= 15 is 0 Å². The second-order valence-electron chi connectivity index (χ2n) is 5.23. The molecule has 0 radical (unpaired) electrons. The van der Waals surface area contributed by atoms with Crippen molar-refractivity contribution in [2.75, 3.05) is 37.2 Å². The van der Waals surface area contributed by atoms with Crippen molar-refractivity contribution in [3.63, 3.8) is 0 Å².